The Morgan fingerprint density at radius 1 is 0.857 bits per heavy atom. The zero-order valence-corrected chi connectivity index (χ0v) is 8.92. The molecule has 1 aromatic heterocycles. The van der Waals surface area contributed by atoms with Gasteiger partial charge in [0, 0.05) is 4.70 Å². The molecule has 0 saturated carbocycles. The second kappa shape index (κ2) is 4.25. The molecule has 70 valence electrons. The van der Waals surface area contributed by atoms with Crippen LogP contribution < -0.4 is 0 Å². The van der Waals surface area contributed by atoms with E-state index in [1.165, 1.54) is 15.6 Å². The van der Waals surface area contributed by atoms with Crippen molar-refractivity contribution in [1.29, 1.82) is 0 Å². The van der Waals surface area contributed by atoms with Gasteiger partial charge in [-0.05, 0) is 29.3 Å². The van der Waals surface area contributed by atoms with E-state index in [0.717, 1.165) is 0 Å². The van der Waals surface area contributed by atoms with Gasteiger partial charge in [0.15, 0.2) is 0 Å². The maximum atomic E-state index is 2.17. The maximum absolute atomic E-state index is 2.17. The molecule has 0 radical (unpaired) electrons. The predicted molar refractivity (Wildman–Crippen MR) is 64.2 cm³/mol. The highest BCUT2D eigenvalue weighted by molar-refractivity contribution is 7.16. The summed E-state index contributed by atoms with van der Waals surface area (Å²) in [6.07, 6.45) is 0. The molecule has 1 aromatic carbocycles. The molecule has 0 fully saturated rings. The molecule has 0 N–H and O–H groups in total. The van der Waals surface area contributed by atoms with Crippen LogP contribution >= 0.6 is 11.3 Å². The largest absolute Gasteiger partial charge is 0.144 e. The van der Waals surface area contributed by atoms with E-state index in [2.05, 4.69) is 60.8 Å². The van der Waals surface area contributed by atoms with Crippen molar-refractivity contribution in [2.24, 2.45) is 0 Å². The number of hydrogen-bond acceptors (Lipinski definition) is 1. The number of aryl methyl sites for hydroxylation is 1. The lowest BCUT2D eigenvalue weighted by atomic mass is 10.2. The fourth-order valence-corrected chi connectivity index (χ4v) is 2.24. The monoisotopic (exact) mass is 200 g/mol. The molecule has 0 saturated heterocycles. The van der Waals surface area contributed by atoms with Crippen molar-refractivity contribution in [2.45, 2.75) is 6.92 Å². The molecule has 0 unspecified atom stereocenters. The standard InChI is InChI=1S/C13H12S/c1-11-7-3-2-6-10-14-13-9-5-4-8-12(11)13/h2-10H,1H3. The van der Waals surface area contributed by atoms with Crippen LogP contribution in [0.5, 0.6) is 0 Å². The van der Waals surface area contributed by atoms with E-state index in [0.29, 0.717) is 0 Å². The first kappa shape index (κ1) is 9.22. The second-order valence-electron chi connectivity index (χ2n) is 3.18. The van der Waals surface area contributed by atoms with Crippen LogP contribution in [0.4, 0.5) is 0 Å². The highest BCUT2D eigenvalue weighted by atomic mass is 32.1. The Balaban J connectivity index is 2.91. The third-order valence-corrected chi connectivity index (χ3v) is 3.06. The van der Waals surface area contributed by atoms with Crippen LogP contribution in [0.3, 0.4) is 0 Å². The first-order chi connectivity index (χ1) is 6.88. The lowest BCUT2D eigenvalue weighted by molar-refractivity contribution is 1.55. The molecular formula is C13H12S. The molecule has 0 spiro atoms. The molecule has 2 aromatic rings. The van der Waals surface area contributed by atoms with Gasteiger partial charge in [-0.1, -0.05) is 42.5 Å². The Bertz CT molecular complexity index is 481. The van der Waals surface area contributed by atoms with Crippen LogP contribution in [0.1, 0.15) is 5.56 Å². The molecule has 0 aliphatic carbocycles. The van der Waals surface area contributed by atoms with Crippen molar-refractivity contribution in [2.75, 3.05) is 0 Å². The number of fused-ring (bicyclic) bond motifs is 1. The van der Waals surface area contributed by atoms with E-state index < -0.39 is 0 Å². The van der Waals surface area contributed by atoms with Gasteiger partial charge in [0.05, 0.1) is 0 Å². The SMILES string of the molecule is Cc1cccccsc2ccccc12. The average molecular weight is 200 g/mol. The van der Waals surface area contributed by atoms with Gasteiger partial charge in [-0.25, -0.2) is 0 Å². The molecule has 0 aliphatic rings. The minimum Gasteiger partial charge on any atom is -0.144 e. The summed E-state index contributed by atoms with van der Waals surface area (Å²) in [4.78, 5) is 0. The van der Waals surface area contributed by atoms with Crippen LogP contribution in [0.2, 0.25) is 0 Å². The summed E-state index contributed by atoms with van der Waals surface area (Å²) >= 11 is 1.77. The van der Waals surface area contributed by atoms with Crippen molar-refractivity contribution >= 4 is 21.4 Å². The van der Waals surface area contributed by atoms with Gasteiger partial charge >= 0.3 is 0 Å². The molecule has 2 rings (SSSR count). The van der Waals surface area contributed by atoms with Gasteiger partial charge in [-0.15, -0.1) is 11.3 Å². The van der Waals surface area contributed by atoms with Crippen LogP contribution in [0.25, 0.3) is 10.1 Å². The lowest BCUT2D eigenvalue weighted by Gasteiger charge is -1.94. The summed E-state index contributed by atoms with van der Waals surface area (Å²) < 4.78 is 1.32. The van der Waals surface area contributed by atoms with Crippen LogP contribution in [-0.2, 0) is 0 Å². The first-order valence-electron chi connectivity index (χ1n) is 4.64. The minimum atomic E-state index is 1.31. The number of hydrogen-bond donors (Lipinski definition) is 0. The fourth-order valence-electron chi connectivity index (χ4n) is 1.41. The fraction of sp³-hybridized carbons (Fsp3) is 0.0769. The summed E-state index contributed by atoms with van der Waals surface area (Å²) in [5.41, 5.74) is 1.31. The normalized spacial score (nSPS) is 9.79. The molecule has 0 aliphatic heterocycles. The van der Waals surface area contributed by atoms with Gasteiger partial charge in [0.1, 0.15) is 0 Å². The van der Waals surface area contributed by atoms with E-state index >= 15 is 0 Å². The molecule has 1 heterocycles. The predicted octanol–water partition coefficient (Wildman–Crippen LogP) is 4.33. The van der Waals surface area contributed by atoms with Crippen molar-refractivity contribution in [1.82, 2.24) is 0 Å². The van der Waals surface area contributed by atoms with E-state index in [1.807, 2.05) is 0 Å². The van der Waals surface area contributed by atoms with Crippen molar-refractivity contribution in [3.05, 3.63) is 59.5 Å². The summed E-state index contributed by atoms with van der Waals surface area (Å²) in [5, 5.41) is 3.44. The lowest BCUT2D eigenvalue weighted by Crippen LogP contribution is -1.69. The van der Waals surface area contributed by atoms with Crippen LogP contribution in [0.15, 0.2) is 53.9 Å². The summed E-state index contributed by atoms with van der Waals surface area (Å²) in [7, 11) is 0. The maximum Gasteiger partial charge on any atom is 0.0345 e. The topological polar surface area (TPSA) is 0 Å². The summed E-state index contributed by atoms with van der Waals surface area (Å²) in [6.45, 7) is 2.15. The van der Waals surface area contributed by atoms with Gasteiger partial charge in [0.2, 0.25) is 0 Å². The van der Waals surface area contributed by atoms with Gasteiger partial charge < -0.3 is 0 Å². The molecule has 0 amide bonds. The summed E-state index contributed by atoms with van der Waals surface area (Å²) in [5.74, 6) is 0. The molecule has 14 heavy (non-hydrogen) atoms. The van der Waals surface area contributed by atoms with E-state index in [-0.39, 0.29) is 0 Å². The van der Waals surface area contributed by atoms with Crippen molar-refractivity contribution in [3.63, 3.8) is 0 Å². The van der Waals surface area contributed by atoms with E-state index in [9.17, 15) is 0 Å². The van der Waals surface area contributed by atoms with E-state index in [1.54, 1.807) is 11.3 Å². The second-order valence-corrected chi connectivity index (χ2v) is 4.12. The quantitative estimate of drug-likeness (QED) is 0.593. The smallest absolute Gasteiger partial charge is 0.0345 e. The Morgan fingerprint density at radius 3 is 2.57 bits per heavy atom. The highest BCUT2D eigenvalue weighted by Crippen LogP contribution is 2.18. The molecular weight excluding hydrogens is 188 g/mol. The zero-order chi connectivity index (χ0) is 9.80. The zero-order valence-electron chi connectivity index (χ0n) is 8.10. The van der Waals surface area contributed by atoms with Gasteiger partial charge in [-0.3, -0.25) is 0 Å². The third-order valence-electron chi connectivity index (χ3n) is 2.15. The van der Waals surface area contributed by atoms with Crippen LogP contribution in [0, 0.1) is 6.92 Å². The van der Waals surface area contributed by atoms with Crippen molar-refractivity contribution in [3.8, 4) is 0 Å². The Hall–Kier alpha value is -1.34. The average Bonchev–Trinajstić information content (AvgIpc) is 2.30. The van der Waals surface area contributed by atoms with E-state index in [4.69, 9.17) is 0 Å². The molecule has 0 nitrogen and oxygen atoms in total. The first-order valence-corrected chi connectivity index (χ1v) is 5.52. The molecule has 0 atom stereocenters. The number of benzene rings is 1. The minimum absolute atomic E-state index is 1.31. The third kappa shape index (κ3) is 1.94. The summed E-state index contributed by atoms with van der Waals surface area (Å²) in [6, 6.07) is 16.8. The molecule has 1 heteroatoms. The Morgan fingerprint density at radius 2 is 1.64 bits per heavy atom. The molecule has 0 bridgehead atoms. The van der Waals surface area contributed by atoms with Gasteiger partial charge in [0.25, 0.3) is 0 Å². The highest BCUT2D eigenvalue weighted by Gasteiger charge is 1.90. The van der Waals surface area contributed by atoms with Gasteiger partial charge in [-0.2, -0.15) is 0 Å². The number of rotatable bonds is 0. The van der Waals surface area contributed by atoms with Crippen molar-refractivity contribution < 1.29 is 0 Å². The Labute approximate surface area is 88.2 Å². The Kier molecular flexibility index (Phi) is 2.80. The van der Waals surface area contributed by atoms with Crippen LogP contribution in [-0.4, -0.2) is 0 Å².